The molecule has 2 bridgehead atoms. The van der Waals surface area contributed by atoms with E-state index in [0.717, 1.165) is 59.1 Å². The first-order valence-corrected chi connectivity index (χ1v) is 9.75. The van der Waals surface area contributed by atoms with Crippen LogP contribution in [0, 0.1) is 11.8 Å². The van der Waals surface area contributed by atoms with Crippen molar-refractivity contribution in [3.05, 3.63) is 65.4 Å². The van der Waals surface area contributed by atoms with Crippen molar-refractivity contribution < 1.29 is 14.3 Å². The maximum atomic E-state index is 13.0. The van der Waals surface area contributed by atoms with E-state index in [2.05, 4.69) is 13.0 Å². The van der Waals surface area contributed by atoms with Crippen LogP contribution in [-0.2, 0) is 11.2 Å². The molecule has 0 saturated heterocycles. The van der Waals surface area contributed by atoms with E-state index < -0.39 is 0 Å². The summed E-state index contributed by atoms with van der Waals surface area (Å²) in [6, 6.07) is 16.1. The van der Waals surface area contributed by atoms with E-state index in [9.17, 15) is 9.90 Å². The van der Waals surface area contributed by atoms with Gasteiger partial charge in [0, 0.05) is 22.8 Å². The molecule has 3 aromatic rings. The number of aliphatic hydroxyl groups is 1. The first kappa shape index (κ1) is 16.4. The average molecular weight is 358 g/mol. The molecule has 0 radical (unpaired) electrons. The normalized spacial score (nSPS) is 22.0. The van der Waals surface area contributed by atoms with Crippen molar-refractivity contribution in [1.82, 2.24) is 0 Å². The summed E-state index contributed by atoms with van der Waals surface area (Å²) in [6.45, 7) is 2.08. The molecule has 27 heavy (non-hydrogen) atoms. The predicted molar refractivity (Wildman–Crippen MR) is 106 cm³/mol. The molecule has 2 aliphatic carbocycles. The lowest BCUT2D eigenvalue weighted by Crippen LogP contribution is -2.22. The molecule has 0 unspecified atom stereocenters. The van der Waals surface area contributed by atoms with Gasteiger partial charge in [-0.2, -0.15) is 0 Å². The molecule has 0 aliphatic heterocycles. The second-order valence-electron chi connectivity index (χ2n) is 7.71. The van der Waals surface area contributed by atoms with Crippen LogP contribution in [-0.4, -0.2) is 10.9 Å². The number of aryl methyl sites for hydroxylation is 1. The van der Waals surface area contributed by atoms with Gasteiger partial charge in [-0.15, -0.1) is 0 Å². The van der Waals surface area contributed by atoms with Crippen LogP contribution in [0.25, 0.3) is 27.9 Å². The highest BCUT2D eigenvalue weighted by Crippen LogP contribution is 2.46. The molecule has 1 fully saturated rings. The van der Waals surface area contributed by atoms with E-state index in [1.54, 1.807) is 0 Å². The van der Waals surface area contributed by atoms with Crippen LogP contribution in [0.5, 0.6) is 0 Å². The highest BCUT2D eigenvalue weighted by molar-refractivity contribution is 6.23. The van der Waals surface area contributed by atoms with Crippen LogP contribution in [0.4, 0.5) is 0 Å². The van der Waals surface area contributed by atoms with Crippen molar-refractivity contribution in [3.63, 3.8) is 0 Å². The SMILES string of the molecule is CCc1ccc(-c2cc3ccccc3o2)cc1C1=C(O)[C@H]2CC[C@H](C2)C1=O. The maximum absolute atomic E-state index is 13.0. The Hall–Kier alpha value is -2.81. The zero-order valence-electron chi connectivity index (χ0n) is 15.4. The van der Waals surface area contributed by atoms with E-state index in [-0.39, 0.29) is 17.6 Å². The number of ketones is 1. The maximum Gasteiger partial charge on any atom is 0.169 e. The number of aliphatic hydroxyl groups excluding tert-OH is 1. The summed E-state index contributed by atoms with van der Waals surface area (Å²) in [5.41, 5.74) is 4.29. The van der Waals surface area contributed by atoms with Crippen molar-refractivity contribution in [2.45, 2.75) is 32.6 Å². The number of benzene rings is 2. The molecule has 0 amide bonds. The van der Waals surface area contributed by atoms with Gasteiger partial charge in [-0.05, 0) is 55.0 Å². The van der Waals surface area contributed by atoms with E-state index >= 15 is 0 Å². The second kappa shape index (κ2) is 6.12. The molecule has 1 heterocycles. The number of fused-ring (bicyclic) bond motifs is 3. The fourth-order valence-electron chi connectivity index (χ4n) is 4.67. The molecule has 5 rings (SSSR count). The quantitative estimate of drug-likeness (QED) is 0.631. The van der Waals surface area contributed by atoms with Gasteiger partial charge in [-0.25, -0.2) is 0 Å². The summed E-state index contributed by atoms with van der Waals surface area (Å²) in [4.78, 5) is 13.0. The smallest absolute Gasteiger partial charge is 0.169 e. The van der Waals surface area contributed by atoms with Gasteiger partial charge in [0.25, 0.3) is 0 Å². The van der Waals surface area contributed by atoms with Gasteiger partial charge in [0.2, 0.25) is 0 Å². The van der Waals surface area contributed by atoms with Gasteiger partial charge in [-0.1, -0.05) is 37.3 Å². The first-order chi connectivity index (χ1) is 13.2. The van der Waals surface area contributed by atoms with Crippen LogP contribution in [0.15, 0.2) is 58.7 Å². The Balaban J connectivity index is 1.67. The summed E-state index contributed by atoms with van der Waals surface area (Å²) in [6.07, 6.45) is 3.42. The standard InChI is InChI=1S/C24H22O3/c1-2-14-7-8-16(21-13-15-5-3-4-6-20(15)27-21)12-19(14)22-23(25)17-9-10-18(11-17)24(22)26/h3-8,12-13,17-18,25H,2,9-11H2,1H3/t17-,18+/m0/s1. The fraction of sp³-hybridized carbons (Fsp3) is 0.292. The Labute approximate surface area is 158 Å². The zero-order chi connectivity index (χ0) is 18.5. The Morgan fingerprint density at radius 1 is 1.07 bits per heavy atom. The first-order valence-electron chi connectivity index (χ1n) is 9.75. The minimum atomic E-state index is 0.0699. The minimum absolute atomic E-state index is 0.0699. The van der Waals surface area contributed by atoms with Gasteiger partial charge in [-0.3, -0.25) is 4.79 Å². The average Bonchev–Trinajstić information content (AvgIpc) is 3.32. The Bertz CT molecular complexity index is 1050. The number of hydrogen-bond donors (Lipinski definition) is 1. The van der Waals surface area contributed by atoms with Crippen LogP contribution >= 0.6 is 0 Å². The van der Waals surface area contributed by atoms with Crippen LogP contribution in [0.1, 0.15) is 37.3 Å². The number of para-hydroxylation sites is 1. The molecule has 3 nitrogen and oxygen atoms in total. The van der Waals surface area contributed by atoms with Crippen LogP contribution in [0.2, 0.25) is 0 Å². The fourth-order valence-corrected chi connectivity index (χ4v) is 4.67. The highest BCUT2D eigenvalue weighted by atomic mass is 16.3. The van der Waals surface area contributed by atoms with Gasteiger partial charge in [0.15, 0.2) is 5.78 Å². The van der Waals surface area contributed by atoms with E-state index in [4.69, 9.17) is 4.42 Å². The van der Waals surface area contributed by atoms with Crippen molar-refractivity contribution in [2.75, 3.05) is 0 Å². The van der Waals surface area contributed by atoms with E-state index in [1.165, 1.54) is 0 Å². The van der Waals surface area contributed by atoms with Crippen molar-refractivity contribution >= 4 is 22.3 Å². The van der Waals surface area contributed by atoms with E-state index in [1.807, 2.05) is 42.5 Å². The summed E-state index contributed by atoms with van der Waals surface area (Å²) >= 11 is 0. The van der Waals surface area contributed by atoms with Gasteiger partial charge in [0.1, 0.15) is 17.1 Å². The summed E-state index contributed by atoms with van der Waals surface area (Å²) in [7, 11) is 0. The molecule has 136 valence electrons. The van der Waals surface area contributed by atoms with Crippen molar-refractivity contribution in [1.29, 1.82) is 0 Å². The monoisotopic (exact) mass is 358 g/mol. The Kier molecular flexibility index (Phi) is 3.71. The number of Topliss-reactive ketones (excluding diaryl/α,β-unsaturated/α-hetero) is 1. The van der Waals surface area contributed by atoms with Gasteiger partial charge < -0.3 is 9.52 Å². The zero-order valence-corrected chi connectivity index (χ0v) is 15.4. The lowest BCUT2D eigenvalue weighted by Gasteiger charge is -2.23. The largest absolute Gasteiger partial charge is 0.511 e. The number of rotatable bonds is 3. The number of allylic oxidation sites excluding steroid dienone is 2. The molecule has 2 aliphatic rings. The third-order valence-corrected chi connectivity index (χ3v) is 6.16. The van der Waals surface area contributed by atoms with Crippen LogP contribution < -0.4 is 0 Å². The third-order valence-electron chi connectivity index (χ3n) is 6.16. The lowest BCUT2D eigenvalue weighted by atomic mass is 9.81. The third kappa shape index (κ3) is 2.53. The molecule has 3 heteroatoms. The van der Waals surface area contributed by atoms with Crippen molar-refractivity contribution in [2.24, 2.45) is 11.8 Å². The molecular formula is C24H22O3. The second-order valence-corrected chi connectivity index (χ2v) is 7.71. The highest BCUT2D eigenvalue weighted by Gasteiger charge is 2.41. The summed E-state index contributed by atoms with van der Waals surface area (Å²) in [5, 5.41) is 11.9. The topological polar surface area (TPSA) is 50.4 Å². The number of carbonyl (C=O) groups is 1. The molecule has 1 aromatic heterocycles. The number of furan rings is 1. The number of hydrogen-bond acceptors (Lipinski definition) is 3. The van der Waals surface area contributed by atoms with Crippen LogP contribution in [0.3, 0.4) is 0 Å². The Morgan fingerprint density at radius 2 is 1.89 bits per heavy atom. The molecule has 2 atom stereocenters. The van der Waals surface area contributed by atoms with Gasteiger partial charge in [0.05, 0.1) is 5.57 Å². The summed E-state index contributed by atoms with van der Waals surface area (Å²) < 4.78 is 6.01. The number of carbonyl (C=O) groups excluding carboxylic acids is 1. The molecule has 2 aromatic carbocycles. The Morgan fingerprint density at radius 3 is 2.70 bits per heavy atom. The molecule has 1 N–H and O–H groups in total. The molecule has 0 spiro atoms. The molecular weight excluding hydrogens is 336 g/mol. The summed E-state index contributed by atoms with van der Waals surface area (Å²) in [5.74, 6) is 1.40. The lowest BCUT2D eigenvalue weighted by molar-refractivity contribution is -0.117. The minimum Gasteiger partial charge on any atom is -0.511 e. The predicted octanol–water partition coefficient (Wildman–Crippen LogP) is 5.93. The van der Waals surface area contributed by atoms with Crippen molar-refractivity contribution in [3.8, 4) is 11.3 Å². The van der Waals surface area contributed by atoms with E-state index in [0.29, 0.717) is 11.3 Å². The molecule has 1 saturated carbocycles. The van der Waals surface area contributed by atoms with Gasteiger partial charge >= 0.3 is 0 Å².